The highest BCUT2D eigenvalue weighted by Gasteiger charge is 2.10. The minimum absolute atomic E-state index is 0.0600. The molecule has 0 aliphatic heterocycles. The van der Waals surface area contributed by atoms with Crippen LogP contribution < -0.4 is 0 Å². The number of likely N-dealkylation sites (N-methyl/N-ethyl adjacent to an activating group) is 1. The van der Waals surface area contributed by atoms with Gasteiger partial charge in [0.25, 0.3) is 0 Å². The van der Waals surface area contributed by atoms with Crippen LogP contribution in [0.3, 0.4) is 0 Å². The summed E-state index contributed by atoms with van der Waals surface area (Å²) in [7, 11) is 1.68. The summed E-state index contributed by atoms with van der Waals surface area (Å²) >= 11 is 0. The molecule has 0 rings (SSSR count). The molecule has 0 spiro atoms. The van der Waals surface area contributed by atoms with Crippen LogP contribution >= 0.6 is 0 Å². The van der Waals surface area contributed by atoms with E-state index in [1.807, 2.05) is 0 Å². The Morgan fingerprint density at radius 1 is 1.00 bits per heavy atom. The summed E-state index contributed by atoms with van der Waals surface area (Å²) < 4.78 is 5.45. The minimum Gasteiger partial charge on any atom is -0.480 e. The Kier molecular flexibility index (Phi) is 15.8. The fourth-order valence-electron chi connectivity index (χ4n) is 2.62. The largest absolute Gasteiger partial charge is 0.480 e. The van der Waals surface area contributed by atoms with Gasteiger partial charge in [-0.25, -0.2) is 0 Å². The molecule has 1 atom stereocenters. The molecule has 0 amide bonds. The zero-order valence-corrected chi connectivity index (χ0v) is 15.1. The zero-order valence-electron chi connectivity index (χ0n) is 15.1. The summed E-state index contributed by atoms with van der Waals surface area (Å²) in [5.41, 5.74) is 0. The van der Waals surface area contributed by atoms with E-state index in [9.17, 15) is 9.90 Å². The lowest BCUT2D eigenvalue weighted by Crippen LogP contribution is -2.35. The molecular formula is C18H37NO4. The van der Waals surface area contributed by atoms with Crippen LogP contribution in [0.4, 0.5) is 0 Å². The van der Waals surface area contributed by atoms with Gasteiger partial charge in [-0.3, -0.25) is 9.69 Å². The van der Waals surface area contributed by atoms with Crippen molar-refractivity contribution < 1.29 is 19.7 Å². The Hall–Kier alpha value is -0.650. The molecular weight excluding hydrogens is 294 g/mol. The highest BCUT2D eigenvalue weighted by Crippen LogP contribution is 2.10. The summed E-state index contributed by atoms with van der Waals surface area (Å²) in [6.07, 6.45) is 12.3. The lowest BCUT2D eigenvalue weighted by molar-refractivity contribution is -0.138. The van der Waals surface area contributed by atoms with E-state index in [1.54, 1.807) is 11.9 Å². The summed E-state index contributed by atoms with van der Waals surface area (Å²) in [4.78, 5) is 12.1. The van der Waals surface area contributed by atoms with E-state index >= 15 is 0 Å². The van der Waals surface area contributed by atoms with Crippen LogP contribution in [0.25, 0.3) is 0 Å². The molecule has 0 heterocycles. The van der Waals surface area contributed by atoms with Crippen LogP contribution in [0, 0.1) is 0 Å². The molecule has 0 aliphatic carbocycles. The maximum atomic E-state index is 10.5. The second-order valence-corrected chi connectivity index (χ2v) is 6.50. The van der Waals surface area contributed by atoms with Crippen molar-refractivity contribution in [2.75, 3.05) is 33.4 Å². The lowest BCUT2D eigenvalue weighted by Gasteiger charge is -2.18. The van der Waals surface area contributed by atoms with Crippen molar-refractivity contribution in [1.29, 1.82) is 0 Å². The molecule has 5 heteroatoms. The Morgan fingerprint density at radius 3 is 2.04 bits per heavy atom. The summed E-state index contributed by atoms with van der Waals surface area (Å²) in [6.45, 7) is 3.47. The van der Waals surface area contributed by atoms with Gasteiger partial charge in [-0.2, -0.15) is 0 Å². The Labute approximate surface area is 142 Å². The molecule has 1 unspecified atom stereocenters. The number of carbonyl (C=O) groups is 1. The van der Waals surface area contributed by atoms with E-state index in [1.165, 1.54) is 57.8 Å². The van der Waals surface area contributed by atoms with Gasteiger partial charge < -0.3 is 14.9 Å². The standard InChI is InChI=1S/C18H37NO4/c1-3-4-5-6-7-8-9-10-11-12-13-23-16-17(20)14-19(2)15-18(21)22/h17,20H,3-16H2,1-2H3,(H,21,22). The number of carboxylic acid groups (broad SMARTS) is 1. The molecule has 23 heavy (non-hydrogen) atoms. The number of hydrogen-bond acceptors (Lipinski definition) is 4. The zero-order chi connectivity index (χ0) is 17.3. The third-order valence-electron chi connectivity index (χ3n) is 3.88. The molecule has 0 aliphatic rings. The molecule has 0 saturated carbocycles. The number of carboxylic acids is 1. The molecule has 0 aromatic heterocycles. The van der Waals surface area contributed by atoms with Crippen LogP contribution in [0.15, 0.2) is 0 Å². The monoisotopic (exact) mass is 331 g/mol. The topological polar surface area (TPSA) is 70.0 Å². The Bertz CT molecular complexity index is 274. The lowest BCUT2D eigenvalue weighted by atomic mass is 10.1. The molecule has 0 radical (unpaired) electrons. The predicted molar refractivity (Wildman–Crippen MR) is 93.8 cm³/mol. The number of aliphatic hydroxyl groups excluding tert-OH is 1. The van der Waals surface area contributed by atoms with Crippen molar-refractivity contribution in [1.82, 2.24) is 4.90 Å². The van der Waals surface area contributed by atoms with Crippen LogP contribution in [-0.2, 0) is 9.53 Å². The van der Waals surface area contributed by atoms with Gasteiger partial charge in [0, 0.05) is 13.2 Å². The number of aliphatic carboxylic acids is 1. The quantitative estimate of drug-likeness (QED) is 0.400. The first-order chi connectivity index (χ1) is 11.1. The Morgan fingerprint density at radius 2 is 1.52 bits per heavy atom. The van der Waals surface area contributed by atoms with Crippen LogP contribution in [0.1, 0.15) is 71.1 Å². The second-order valence-electron chi connectivity index (χ2n) is 6.50. The number of rotatable bonds is 17. The highest BCUT2D eigenvalue weighted by molar-refractivity contribution is 5.68. The fourth-order valence-corrected chi connectivity index (χ4v) is 2.62. The van der Waals surface area contributed by atoms with Crippen LogP contribution in [-0.4, -0.2) is 60.5 Å². The van der Waals surface area contributed by atoms with Crippen LogP contribution in [0.5, 0.6) is 0 Å². The first-order valence-electron chi connectivity index (χ1n) is 9.22. The first-order valence-corrected chi connectivity index (χ1v) is 9.22. The molecule has 0 aromatic carbocycles. The van der Waals surface area contributed by atoms with E-state index in [-0.39, 0.29) is 13.2 Å². The van der Waals surface area contributed by atoms with E-state index in [0.717, 1.165) is 6.42 Å². The molecule has 0 aromatic rings. The van der Waals surface area contributed by atoms with E-state index in [0.29, 0.717) is 13.2 Å². The van der Waals surface area contributed by atoms with Crippen molar-refractivity contribution in [3.8, 4) is 0 Å². The van der Waals surface area contributed by atoms with Crippen molar-refractivity contribution in [3.05, 3.63) is 0 Å². The number of aliphatic hydroxyl groups is 1. The van der Waals surface area contributed by atoms with Crippen molar-refractivity contribution in [2.24, 2.45) is 0 Å². The average molecular weight is 331 g/mol. The van der Waals surface area contributed by atoms with Gasteiger partial charge >= 0.3 is 5.97 Å². The maximum Gasteiger partial charge on any atom is 0.317 e. The highest BCUT2D eigenvalue weighted by atomic mass is 16.5. The maximum absolute atomic E-state index is 10.5. The average Bonchev–Trinajstić information content (AvgIpc) is 2.47. The Balaban J connectivity index is 3.24. The van der Waals surface area contributed by atoms with Crippen molar-refractivity contribution >= 4 is 5.97 Å². The van der Waals surface area contributed by atoms with E-state index < -0.39 is 12.1 Å². The number of unbranched alkanes of at least 4 members (excludes halogenated alkanes) is 9. The van der Waals surface area contributed by atoms with Crippen LogP contribution in [0.2, 0.25) is 0 Å². The molecule has 0 bridgehead atoms. The number of ether oxygens (including phenoxy) is 1. The van der Waals surface area contributed by atoms with Crippen molar-refractivity contribution in [2.45, 2.75) is 77.2 Å². The van der Waals surface area contributed by atoms with Gasteiger partial charge in [0.15, 0.2) is 0 Å². The third kappa shape index (κ3) is 17.5. The van der Waals surface area contributed by atoms with E-state index in [2.05, 4.69) is 6.92 Å². The second kappa shape index (κ2) is 16.2. The minimum atomic E-state index is -0.883. The van der Waals surface area contributed by atoms with Gasteiger partial charge in [0.05, 0.1) is 19.3 Å². The fraction of sp³-hybridized carbons (Fsp3) is 0.944. The van der Waals surface area contributed by atoms with Crippen molar-refractivity contribution in [3.63, 3.8) is 0 Å². The number of nitrogens with zero attached hydrogens (tertiary/aromatic N) is 1. The molecule has 0 fully saturated rings. The molecule has 5 nitrogen and oxygen atoms in total. The molecule has 2 N–H and O–H groups in total. The SMILES string of the molecule is CCCCCCCCCCCCOCC(O)CN(C)CC(=O)O. The predicted octanol–water partition coefficient (Wildman–Crippen LogP) is 3.30. The third-order valence-corrected chi connectivity index (χ3v) is 3.88. The molecule has 138 valence electrons. The van der Waals surface area contributed by atoms with Gasteiger partial charge in [0.1, 0.15) is 0 Å². The summed E-state index contributed by atoms with van der Waals surface area (Å²) in [5.74, 6) is -0.883. The normalized spacial score (nSPS) is 12.7. The van der Waals surface area contributed by atoms with Gasteiger partial charge in [-0.05, 0) is 13.5 Å². The summed E-state index contributed by atoms with van der Waals surface area (Å²) in [6, 6.07) is 0. The first kappa shape index (κ1) is 22.4. The van der Waals surface area contributed by atoms with Gasteiger partial charge in [0.2, 0.25) is 0 Å². The smallest absolute Gasteiger partial charge is 0.317 e. The van der Waals surface area contributed by atoms with E-state index in [4.69, 9.17) is 9.84 Å². The molecule has 0 saturated heterocycles. The van der Waals surface area contributed by atoms with Gasteiger partial charge in [-0.15, -0.1) is 0 Å². The summed E-state index contributed by atoms with van der Waals surface area (Å²) in [5, 5.41) is 18.4. The van der Waals surface area contributed by atoms with Gasteiger partial charge in [-0.1, -0.05) is 64.7 Å². The number of hydrogen-bond donors (Lipinski definition) is 2.